The number of carboxylic acid groups (broad SMARTS) is 1. The lowest BCUT2D eigenvalue weighted by Gasteiger charge is -2.11. The number of benzene rings is 2. The zero-order chi connectivity index (χ0) is 18.1. The van der Waals surface area contributed by atoms with Crippen molar-refractivity contribution in [1.82, 2.24) is 5.32 Å². The fraction of sp³-hybridized carbons (Fsp3) is 0.263. The average Bonchev–Trinajstić information content (AvgIpc) is 2.61. The first-order valence-electron chi connectivity index (χ1n) is 8.05. The van der Waals surface area contributed by atoms with Crippen LogP contribution in [0.4, 0.5) is 0 Å². The van der Waals surface area contributed by atoms with E-state index in [1.807, 2.05) is 55.5 Å². The van der Waals surface area contributed by atoms with Gasteiger partial charge < -0.3 is 19.9 Å². The Hall–Kier alpha value is -3.02. The van der Waals surface area contributed by atoms with Crippen LogP contribution in [0.5, 0.6) is 17.2 Å². The first-order chi connectivity index (χ1) is 12.1. The molecule has 0 fully saturated rings. The van der Waals surface area contributed by atoms with Gasteiger partial charge in [0.05, 0.1) is 13.0 Å². The Balaban J connectivity index is 1.90. The second-order valence-electron chi connectivity index (χ2n) is 5.30. The molecule has 132 valence electrons. The second kappa shape index (κ2) is 9.32. The van der Waals surface area contributed by atoms with Gasteiger partial charge in [-0.05, 0) is 36.8 Å². The van der Waals surface area contributed by atoms with Gasteiger partial charge in [0.1, 0.15) is 5.75 Å². The maximum atomic E-state index is 11.5. The highest BCUT2D eigenvalue weighted by Gasteiger charge is 2.07. The summed E-state index contributed by atoms with van der Waals surface area (Å²) in [5.74, 6) is 0.712. The van der Waals surface area contributed by atoms with Crippen LogP contribution < -0.4 is 14.8 Å². The standard InChI is InChI=1S/C19H21NO5/c1-2-24-16-5-3-4-6-17(16)25-15-9-7-14(8-10-15)13-20-18(21)11-12-19(22)23/h3-10H,2,11-13H2,1H3,(H,20,21)(H,22,23). The van der Waals surface area contributed by atoms with E-state index in [0.717, 1.165) is 5.56 Å². The molecule has 0 saturated carbocycles. The maximum Gasteiger partial charge on any atom is 0.303 e. The Bertz CT molecular complexity index is 712. The molecule has 0 heterocycles. The van der Waals surface area contributed by atoms with Crippen LogP contribution in [0.2, 0.25) is 0 Å². The van der Waals surface area contributed by atoms with E-state index in [1.54, 1.807) is 0 Å². The van der Waals surface area contributed by atoms with Crippen LogP contribution in [0.3, 0.4) is 0 Å². The summed E-state index contributed by atoms with van der Waals surface area (Å²) < 4.78 is 11.4. The van der Waals surface area contributed by atoms with Crippen molar-refractivity contribution in [2.24, 2.45) is 0 Å². The molecular formula is C19H21NO5. The van der Waals surface area contributed by atoms with E-state index in [1.165, 1.54) is 0 Å². The quantitative estimate of drug-likeness (QED) is 0.729. The highest BCUT2D eigenvalue weighted by molar-refractivity contribution is 5.80. The average molecular weight is 343 g/mol. The zero-order valence-electron chi connectivity index (χ0n) is 14.0. The topological polar surface area (TPSA) is 84.9 Å². The molecule has 0 atom stereocenters. The minimum Gasteiger partial charge on any atom is -0.490 e. The number of nitrogens with one attached hydrogen (secondary N) is 1. The van der Waals surface area contributed by atoms with Gasteiger partial charge in [-0.25, -0.2) is 0 Å². The molecule has 1 amide bonds. The summed E-state index contributed by atoms with van der Waals surface area (Å²) in [7, 11) is 0. The number of para-hydroxylation sites is 2. The summed E-state index contributed by atoms with van der Waals surface area (Å²) >= 11 is 0. The molecule has 0 aliphatic carbocycles. The highest BCUT2D eigenvalue weighted by Crippen LogP contribution is 2.31. The van der Waals surface area contributed by atoms with E-state index in [9.17, 15) is 9.59 Å². The highest BCUT2D eigenvalue weighted by atomic mass is 16.5. The first-order valence-corrected chi connectivity index (χ1v) is 8.05. The second-order valence-corrected chi connectivity index (χ2v) is 5.30. The van der Waals surface area contributed by atoms with Crippen molar-refractivity contribution < 1.29 is 24.2 Å². The van der Waals surface area contributed by atoms with E-state index in [2.05, 4.69) is 5.32 Å². The molecule has 0 bridgehead atoms. The van der Waals surface area contributed by atoms with Gasteiger partial charge in [0.25, 0.3) is 0 Å². The number of carbonyl (C=O) groups excluding carboxylic acids is 1. The molecule has 0 saturated heterocycles. The molecular weight excluding hydrogens is 322 g/mol. The van der Waals surface area contributed by atoms with Crippen LogP contribution >= 0.6 is 0 Å². The van der Waals surface area contributed by atoms with Gasteiger partial charge >= 0.3 is 5.97 Å². The molecule has 0 aromatic heterocycles. The van der Waals surface area contributed by atoms with Gasteiger partial charge in [-0.15, -0.1) is 0 Å². The Labute approximate surface area is 146 Å². The summed E-state index contributed by atoms with van der Waals surface area (Å²) in [4.78, 5) is 21.9. The molecule has 0 unspecified atom stereocenters. The normalized spacial score (nSPS) is 10.1. The van der Waals surface area contributed by atoms with Crippen LogP contribution in [-0.2, 0) is 16.1 Å². The van der Waals surface area contributed by atoms with Crippen LogP contribution in [0.25, 0.3) is 0 Å². The van der Waals surface area contributed by atoms with Crippen LogP contribution in [0, 0.1) is 0 Å². The smallest absolute Gasteiger partial charge is 0.303 e. The van der Waals surface area contributed by atoms with Gasteiger partial charge in [-0.2, -0.15) is 0 Å². The molecule has 0 aliphatic rings. The van der Waals surface area contributed by atoms with E-state index >= 15 is 0 Å². The number of amides is 1. The van der Waals surface area contributed by atoms with Gasteiger partial charge in [0.15, 0.2) is 11.5 Å². The molecule has 25 heavy (non-hydrogen) atoms. The monoisotopic (exact) mass is 343 g/mol. The Kier molecular flexibility index (Phi) is 6.83. The fourth-order valence-electron chi connectivity index (χ4n) is 2.12. The SMILES string of the molecule is CCOc1ccccc1Oc1ccc(CNC(=O)CCC(=O)O)cc1. The zero-order valence-corrected chi connectivity index (χ0v) is 14.0. The first kappa shape index (κ1) is 18.3. The third-order valence-corrected chi connectivity index (χ3v) is 3.36. The Morgan fingerprint density at radius 2 is 1.68 bits per heavy atom. The minimum atomic E-state index is -0.982. The van der Waals surface area contributed by atoms with Crippen molar-refractivity contribution in [3.05, 3.63) is 54.1 Å². The van der Waals surface area contributed by atoms with Crippen molar-refractivity contribution in [3.8, 4) is 17.2 Å². The lowest BCUT2D eigenvalue weighted by molar-refractivity contribution is -0.138. The number of ether oxygens (including phenoxy) is 2. The lowest BCUT2D eigenvalue weighted by Crippen LogP contribution is -2.23. The lowest BCUT2D eigenvalue weighted by atomic mass is 10.2. The maximum absolute atomic E-state index is 11.5. The summed E-state index contributed by atoms with van der Waals surface area (Å²) in [6.07, 6.45) is -0.192. The van der Waals surface area contributed by atoms with Crippen molar-refractivity contribution in [1.29, 1.82) is 0 Å². The molecule has 2 aromatic carbocycles. The number of hydrogen-bond acceptors (Lipinski definition) is 4. The number of carboxylic acids is 1. The third kappa shape index (κ3) is 6.18. The molecule has 2 rings (SSSR count). The molecule has 0 radical (unpaired) electrons. The summed E-state index contributed by atoms with van der Waals surface area (Å²) in [6.45, 7) is 2.81. The molecule has 2 N–H and O–H groups in total. The molecule has 2 aromatic rings. The molecule has 0 aliphatic heterocycles. The summed E-state index contributed by atoms with van der Waals surface area (Å²) in [5.41, 5.74) is 0.897. The van der Waals surface area contributed by atoms with E-state index in [0.29, 0.717) is 30.4 Å². The van der Waals surface area contributed by atoms with Gasteiger partial charge in [0, 0.05) is 13.0 Å². The number of rotatable bonds is 9. The molecule has 0 spiro atoms. The predicted molar refractivity (Wildman–Crippen MR) is 92.8 cm³/mol. The Morgan fingerprint density at radius 3 is 2.32 bits per heavy atom. The van der Waals surface area contributed by atoms with E-state index in [-0.39, 0.29) is 18.7 Å². The van der Waals surface area contributed by atoms with Crippen molar-refractivity contribution in [2.75, 3.05) is 6.61 Å². The van der Waals surface area contributed by atoms with Crippen LogP contribution in [0.1, 0.15) is 25.3 Å². The predicted octanol–water partition coefficient (Wildman–Crippen LogP) is 3.36. The summed E-state index contributed by atoms with van der Waals surface area (Å²) in [5, 5.41) is 11.2. The number of carbonyl (C=O) groups is 2. The molecule has 6 nitrogen and oxygen atoms in total. The number of hydrogen-bond donors (Lipinski definition) is 2. The third-order valence-electron chi connectivity index (χ3n) is 3.36. The van der Waals surface area contributed by atoms with E-state index < -0.39 is 5.97 Å². The number of aliphatic carboxylic acids is 1. The van der Waals surface area contributed by atoms with Gasteiger partial charge in [-0.3, -0.25) is 9.59 Å². The minimum absolute atomic E-state index is 0.0231. The van der Waals surface area contributed by atoms with Crippen molar-refractivity contribution in [2.45, 2.75) is 26.3 Å². The molecule has 6 heteroatoms. The Morgan fingerprint density at radius 1 is 1.00 bits per heavy atom. The van der Waals surface area contributed by atoms with E-state index in [4.69, 9.17) is 14.6 Å². The largest absolute Gasteiger partial charge is 0.490 e. The van der Waals surface area contributed by atoms with Gasteiger partial charge in [-0.1, -0.05) is 24.3 Å². The van der Waals surface area contributed by atoms with Crippen molar-refractivity contribution in [3.63, 3.8) is 0 Å². The summed E-state index contributed by atoms with van der Waals surface area (Å²) in [6, 6.07) is 14.7. The van der Waals surface area contributed by atoms with Crippen molar-refractivity contribution >= 4 is 11.9 Å². The fourth-order valence-corrected chi connectivity index (χ4v) is 2.12. The van der Waals surface area contributed by atoms with Crippen LogP contribution in [-0.4, -0.2) is 23.6 Å². The van der Waals surface area contributed by atoms with Crippen LogP contribution in [0.15, 0.2) is 48.5 Å². The van der Waals surface area contributed by atoms with Gasteiger partial charge in [0.2, 0.25) is 5.91 Å².